The Balaban J connectivity index is 2.85. The number of hydrogen-bond donors (Lipinski definition) is 0. The Kier molecular flexibility index (Phi) is 5.04. The second kappa shape index (κ2) is 5.89. The molecule has 7 heteroatoms. The summed E-state index contributed by atoms with van der Waals surface area (Å²) < 4.78 is 4.17. The minimum Gasteiger partial charge on any atom is -0.465 e. The van der Waals surface area contributed by atoms with Gasteiger partial charge in [-0.05, 0) is 20.8 Å². The lowest BCUT2D eigenvalue weighted by atomic mass is 10.2. The summed E-state index contributed by atoms with van der Waals surface area (Å²) in [5.74, 6) is -0.329. The van der Waals surface area contributed by atoms with E-state index in [-0.39, 0.29) is 16.3 Å². The zero-order valence-electron chi connectivity index (χ0n) is 9.66. The van der Waals surface area contributed by atoms with Crippen molar-refractivity contribution in [2.45, 2.75) is 30.7 Å². The van der Waals surface area contributed by atoms with E-state index in [1.807, 2.05) is 0 Å². The second-order valence-electron chi connectivity index (χ2n) is 3.63. The Morgan fingerprint density at radius 3 is 2.41 bits per heavy atom. The summed E-state index contributed by atoms with van der Waals surface area (Å²) in [4.78, 5) is 19.6. The lowest BCUT2D eigenvalue weighted by molar-refractivity contribution is -0.145. The van der Waals surface area contributed by atoms with Gasteiger partial charge in [-0.1, -0.05) is 35.0 Å². The van der Waals surface area contributed by atoms with E-state index in [1.165, 1.54) is 6.07 Å². The van der Waals surface area contributed by atoms with Gasteiger partial charge in [0.2, 0.25) is 0 Å². The predicted molar refractivity (Wildman–Crippen MR) is 68.6 cm³/mol. The maximum absolute atomic E-state index is 11.7. The summed E-state index contributed by atoms with van der Waals surface area (Å²) in [5.41, 5.74) is 0. The molecule has 1 aromatic rings. The number of ether oxygens (including phenoxy) is 1. The number of nitrogens with zero attached hydrogens (tertiary/aromatic N) is 2. The molecule has 0 spiro atoms. The van der Waals surface area contributed by atoms with E-state index in [0.29, 0.717) is 11.8 Å². The molecule has 0 aliphatic heterocycles. The van der Waals surface area contributed by atoms with Gasteiger partial charge in [-0.15, -0.1) is 0 Å². The van der Waals surface area contributed by atoms with Crippen LogP contribution in [0.1, 0.15) is 20.8 Å². The molecule has 0 unspecified atom stereocenters. The van der Waals surface area contributed by atoms with Gasteiger partial charge in [0.1, 0.15) is 15.1 Å². The van der Waals surface area contributed by atoms with Crippen LogP contribution in [0.4, 0.5) is 0 Å². The largest absolute Gasteiger partial charge is 0.465 e. The van der Waals surface area contributed by atoms with Gasteiger partial charge in [0.15, 0.2) is 5.16 Å². The topological polar surface area (TPSA) is 52.1 Å². The van der Waals surface area contributed by atoms with E-state index >= 15 is 0 Å². The van der Waals surface area contributed by atoms with Crippen LogP contribution in [0.15, 0.2) is 11.2 Å². The monoisotopic (exact) mass is 294 g/mol. The van der Waals surface area contributed by atoms with Crippen LogP contribution in [-0.2, 0) is 9.53 Å². The third-order valence-electron chi connectivity index (χ3n) is 1.76. The molecular formula is C10H12Cl2N2O2S. The Labute approximate surface area is 114 Å². The molecule has 0 radical (unpaired) electrons. The molecule has 0 atom stereocenters. The molecule has 1 heterocycles. The zero-order valence-corrected chi connectivity index (χ0v) is 12.0. The van der Waals surface area contributed by atoms with Crippen molar-refractivity contribution >= 4 is 40.9 Å². The summed E-state index contributed by atoms with van der Waals surface area (Å²) in [5, 5.41) is 0.833. The smallest absolute Gasteiger partial charge is 0.322 e. The van der Waals surface area contributed by atoms with Gasteiger partial charge >= 0.3 is 5.97 Å². The van der Waals surface area contributed by atoms with Crippen molar-refractivity contribution in [3.05, 3.63) is 16.4 Å². The first kappa shape index (κ1) is 14.5. The number of thioether (sulfide) groups is 1. The summed E-state index contributed by atoms with van der Waals surface area (Å²) in [6.07, 6.45) is 0. The first-order chi connectivity index (χ1) is 7.85. The molecule has 0 saturated carbocycles. The summed E-state index contributed by atoms with van der Waals surface area (Å²) in [6, 6.07) is 1.44. The minimum absolute atomic E-state index is 0.243. The number of carbonyl (C=O) groups excluding carboxylic acids is 1. The Morgan fingerprint density at radius 2 is 1.94 bits per heavy atom. The molecule has 1 rings (SSSR count). The van der Waals surface area contributed by atoms with E-state index in [2.05, 4.69) is 9.97 Å². The predicted octanol–water partition coefficient (Wildman–Crippen LogP) is 3.22. The highest BCUT2D eigenvalue weighted by Gasteiger charge is 2.32. The molecule has 0 N–H and O–H groups in total. The van der Waals surface area contributed by atoms with Crippen LogP contribution in [0.5, 0.6) is 0 Å². The minimum atomic E-state index is -0.788. The van der Waals surface area contributed by atoms with Crippen molar-refractivity contribution in [1.82, 2.24) is 9.97 Å². The molecule has 0 amide bonds. The van der Waals surface area contributed by atoms with Crippen LogP contribution in [0.2, 0.25) is 10.3 Å². The van der Waals surface area contributed by atoms with Crippen LogP contribution >= 0.6 is 35.0 Å². The van der Waals surface area contributed by atoms with Gasteiger partial charge in [-0.2, -0.15) is 0 Å². The van der Waals surface area contributed by atoms with Crippen LogP contribution in [-0.4, -0.2) is 27.3 Å². The zero-order chi connectivity index (χ0) is 13.1. The fourth-order valence-electron chi connectivity index (χ4n) is 0.991. The highest BCUT2D eigenvalue weighted by atomic mass is 35.5. The third kappa shape index (κ3) is 4.33. The maximum Gasteiger partial charge on any atom is 0.322 e. The standard InChI is InChI=1S/C10H12Cl2N2O2S/c1-4-16-8(15)10(2,3)17-9-13-6(11)5-7(12)14-9/h5H,4H2,1-3H3. The first-order valence-corrected chi connectivity index (χ1v) is 6.48. The highest BCUT2D eigenvalue weighted by molar-refractivity contribution is 8.01. The van der Waals surface area contributed by atoms with Gasteiger partial charge < -0.3 is 4.74 Å². The molecule has 0 bridgehead atoms. The van der Waals surface area contributed by atoms with Crippen LogP contribution in [0, 0.1) is 0 Å². The van der Waals surface area contributed by atoms with E-state index in [4.69, 9.17) is 27.9 Å². The summed E-state index contributed by atoms with van der Waals surface area (Å²) in [6.45, 7) is 5.55. The van der Waals surface area contributed by atoms with Crippen molar-refractivity contribution in [2.24, 2.45) is 0 Å². The van der Waals surface area contributed by atoms with Gasteiger partial charge in [-0.25, -0.2) is 9.97 Å². The van der Waals surface area contributed by atoms with Gasteiger partial charge in [-0.3, -0.25) is 4.79 Å². The number of carbonyl (C=O) groups is 1. The van der Waals surface area contributed by atoms with E-state index in [1.54, 1.807) is 20.8 Å². The molecular weight excluding hydrogens is 283 g/mol. The summed E-state index contributed by atoms with van der Waals surface area (Å²) in [7, 11) is 0. The molecule has 0 fully saturated rings. The van der Waals surface area contributed by atoms with E-state index in [9.17, 15) is 4.79 Å². The van der Waals surface area contributed by atoms with E-state index in [0.717, 1.165) is 11.8 Å². The highest BCUT2D eigenvalue weighted by Crippen LogP contribution is 2.32. The molecule has 0 aromatic carbocycles. The van der Waals surface area contributed by atoms with Gasteiger partial charge in [0, 0.05) is 6.07 Å². The lowest BCUT2D eigenvalue weighted by Gasteiger charge is -2.20. The Hall–Kier alpha value is -0.520. The van der Waals surface area contributed by atoms with Crippen LogP contribution in [0.3, 0.4) is 0 Å². The van der Waals surface area contributed by atoms with Crippen molar-refractivity contribution in [3.63, 3.8) is 0 Å². The van der Waals surface area contributed by atoms with E-state index < -0.39 is 4.75 Å². The Bertz CT molecular complexity index is 407. The molecule has 0 aliphatic rings. The molecule has 4 nitrogen and oxygen atoms in total. The quantitative estimate of drug-likeness (QED) is 0.369. The van der Waals surface area contributed by atoms with Crippen molar-refractivity contribution < 1.29 is 9.53 Å². The molecule has 94 valence electrons. The van der Waals surface area contributed by atoms with Crippen LogP contribution in [0.25, 0.3) is 0 Å². The average molecular weight is 295 g/mol. The molecule has 0 saturated heterocycles. The number of hydrogen-bond acceptors (Lipinski definition) is 5. The molecule has 1 aromatic heterocycles. The normalized spacial score (nSPS) is 11.4. The second-order valence-corrected chi connectivity index (χ2v) is 5.99. The SMILES string of the molecule is CCOC(=O)C(C)(C)Sc1nc(Cl)cc(Cl)n1. The fourth-order valence-corrected chi connectivity index (χ4v) is 2.40. The summed E-state index contributed by atoms with van der Waals surface area (Å²) >= 11 is 12.7. The van der Waals surface area contributed by atoms with Crippen molar-refractivity contribution in [2.75, 3.05) is 6.61 Å². The fraction of sp³-hybridized carbons (Fsp3) is 0.500. The van der Waals surface area contributed by atoms with Gasteiger partial charge in [0.05, 0.1) is 6.61 Å². The Morgan fingerprint density at radius 1 is 1.41 bits per heavy atom. The first-order valence-electron chi connectivity index (χ1n) is 4.91. The number of esters is 1. The van der Waals surface area contributed by atoms with Crippen LogP contribution < -0.4 is 0 Å². The number of rotatable bonds is 4. The molecule has 0 aliphatic carbocycles. The number of halogens is 2. The maximum atomic E-state index is 11.7. The third-order valence-corrected chi connectivity index (χ3v) is 3.19. The number of aromatic nitrogens is 2. The molecule has 17 heavy (non-hydrogen) atoms. The average Bonchev–Trinajstić information content (AvgIpc) is 2.15. The van der Waals surface area contributed by atoms with Crippen molar-refractivity contribution in [1.29, 1.82) is 0 Å². The van der Waals surface area contributed by atoms with Gasteiger partial charge in [0.25, 0.3) is 0 Å². The van der Waals surface area contributed by atoms with Crippen molar-refractivity contribution in [3.8, 4) is 0 Å². The lowest BCUT2D eigenvalue weighted by Crippen LogP contribution is -2.30.